The van der Waals surface area contributed by atoms with Gasteiger partial charge in [-0.25, -0.2) is 18.6 Å². The predicted molar refractivity (Wildman–Crippen MR) is 168 cm³/mol. The maximum absolute atomic E-state index is 15.4. The Hall–Kier alpha value is -3.91. The molecule has 0 spiro atoms. The molecule has 1 fully saturated rings. The second-order valence-electron chi connectivity index (χ2n) is 10.4. The molecule has 0 radical (unpaired) electrons. The number of piperazine rings is 1. The van der Waals surface area contributed by atoms with Crippen LogP contribution < -0.4 is 10.6 Å². The Morgan fingerprint density at radius 1 is 1.18 bits per heavy atom. The van der Waals surface area contributed by atoms with E-state index in [-0.39, 0.29) is 47.2 Å². The molecular formula is C30H30ClF5N6O2S. The fourth-order valence-electron chi connectivity index (χ4n) is 5.57. The van der Waals surface area contributed by atoms with Crippen molar-refractivity contribution in [3.63, 3.8) is 0 Å². The zero-order valence-corrected chi connectivity index (χ0v) is 26.4. The molecule has 2 aromatic carbocycles. The summed E-state index contributed by atoms with van der Waals surface area (Å²) < 4.78 is 77.1. The van der Waals surface area contributed by atoms with E-state index in [2.05, 4.69) is 23.1 Å². The second-order valence-corrected chi connectivity index (χ2v) is 11.9. The number of carbonyl (C=O) groups is 1. The van der Waals surface area contributed by atoms with E-state index >= 15 is 4.39 Å². The zero-order valence-electron chi connectivity index (χ0n) is 24.8. The van der Waals surface area contributed by atoms with Crippen molar-refractivity contribution in [2.75, 3.05) is 25.0 Å². The maximum atomic E-state index is 15.4. The van der Waals surface area contributed by atoms with Crippen molar-refractivity contribution in [3.05, 3.63) is 76.3 Å². The van der Waals surface area contributed by atoms with E-state index in [1.165, 1.54) is 34.5 Å². The first-order valence-corrected chi connectivity index (χ1v) is 14.9. The minimum absolute atomic E-state index is 0.00646. The highest BCUT2D eigenvalue weighted by atomic mass is 35.5. The number of aliphatic imine (C=N–C) groups is 1. The molecule has 1 aromatic heterocycles. The Labute approximate surface area is 265 Å². The van der Waals surface area contributed by atoms with Gasteiger partial charge in [-0.15, -0.1) is 0 Å². The lowest BCUT2D eigenvalue weighted by Crippen LogP contribution is -2.58. The highest BCUT2D eigenvalue weighted by Crippen LogP contribution is 2.49. The number of fused-ring (bicyclic) bond motifs is 1. The van der Waals surface area contributed by atoms with Crippen LogP contribution in [0.25, 0.3) is 22.0 Å². The summed E-state index contributed by atoms with van der Waals surface area (Å²) in [5.41, 5.74) is -3.21. The number of aryl methyl sites for hydroxylation is 1. The SMILES string of the molecule is C=CN=CN(C)Sc1c(-c2cc(Cl)c(F)cc2F)c(C(F)(F)F)cc2c(N3CC(C)N(C(=O)C=C)C(C)C3)nc(=O)n(CC)c12. The van der Waals surface area contributed by atoms with Crippen LogP contribution in [0.15, 0.2) is 58.3 Å². The molecule has 0 N–H and O–H groups in total. The van der Waals surface area contributed by atoms with E-state index in [0.717, 1.165) is 24.1 Å². The number of halogens is 6. The number of hydrogen-bond acceptors (Lipinski definition) is 6. The Morgan fingerprint density at radius 2 is 1.82 bits per heavy atom. The summed E-state index contributed by atoms with van der Waals surface area (Å²) >= 11 is 6.70. The Kier molecular flexibility index (Phi) is 9.98. The smallest absolute Gasteiger partial charge is 0.352 e. The molecule has 1 amide bonds. The van der Waals surface area contributed by atoms with E-state index in [0.29, 0.717) is 6.07 Å². The Bertz CT molecular complexity index is 1750. The first-order valence-electron chi connectivity index (χ1n) is 13.7. The number of amides is 1. The molecule has 1 aliphatic rings. The number of rotatable bonds is 8. The summed E-state index contributed by atoms with van der Waals surface area (Å²) in [6.45, 7) is 12.5. The fraction of sp³-hybridized carbons (Fsp3) is 0.333. The van der Waals surface area contributed by atoms with Gasteiger partial charge in [0.15, 0.2) is 0 Å². The standard InChI is InChI=1S/C30H30ClF5N6O2S/c1-7-24(43)42-16(4)13-40(14-17(42)5)28-19-10-20(30(34,35)36)25(18-11-21(31)23(33)12-22(18)32)27(45-39(6)15-37-8-2)26(19)41(9-3)29(44)38-28/h7-8,10-12,15-17H,1-2,9,13-14H2,3-6H3. The molecule has 0 bridgehead atoms. The number of aromatic nitrogens is 2. The van der Waals surface area contributed by atoms with Crippen molar-refractivity contribution >= 4 is 52.5 Å². The van der Waals surface area contributed by atoms with Crippen LogP contribution in [0.5, 0.6) is 0 Å². The molecule has 2 unspecified atom stereocenters. The summed E-state index contributed by atoms with van der Waals surface area (Å²) in [5.74, 6) is -2.76. The molecule has 0 aliphatic carbocycles. The lowest BCUT2D eigenvalue weighted by Gasteiger charge is -2.44. The normalized spacial score (nSPS) is 17.3. The van der Waals surface area contributed by atoms with Crippen LogP contribution >= 0.6 is 23.5 Å². The van der Waals surface area contributed by atoms with Crippen molar-refractivity contribution in [1.29, 1.82) is 0 Å². The van der Waals surface area contributed by atoms with Crippen LogP contribution in [0.4, 0.5) is 27.8 Å². The van der Waals surface area contributed by atoms with Gasteiger partial charge in [0.1, 0.15) is 23.8 Å². The molecule has 4 rings (SSSR count). The third-order valence-corrected chi connectivity index (χ3v) is 8.57. The van der Waals surface area contributed by atoms with Crippen LogP contribution in [0.2, 0.25) is 5.02 Å². The summed E-state index contributed by atoms with van der Waals surface area (Å²) in [7, 11) is 1.50. The molecule has 3 aromatic rings. The summed E-state index contributed by atoms with van der Waals surface area (Å²) in [5, 5.41) is -0.615. The first-order chi connectivity index (χ1) is 21.1. The second kappa shape index (κ2) is 13.2. The average Bonchev–Trinajstić information content (AvgIpc) is 2.96. The summed E-state index contributed by atoms with van der Waals surface area (Å²) in [6, 6.07) is 1.22. The predicted octanol–water partition coefficient (Wildman–Crippen LogP) is 6.76. The largest absolute Gasteiger partial charge is 0.417 e. The van der Waals surface area contributed by atoms with Crippen LogP contribution in [0, 0.1) is 11.6 Å². The van der Waals surface area contributed by atoms with Gasteiger partial charge in [-0.2, -0.15) is 18.2 Å². The highest BCUT2D eigenvalue weighted by molar-refractivity contribution is 7.97. The van der Waals surface area contributed by atoms with Crippen molar-refractivity contribution in [2.45, 2.75) is 50.5 Å². The van der Waals surface area contributed by atoms with Gasteiger partial charge in [-0.1, -0.05) is 24.8 Å². The number of benzene rings is 2. The highest BCUT2D eigenvalue weighted by Gasteiger charge is 2.40. The molecular weight excluding hydrogens is 639 g/mol. The molecule has 1 saturated heterocycles. The van der Waals surface area contributed by atoms with Crippen molar-refractivity contribution in [1.82, 2.24) is 18.8 Å². The average molecular weight is 669 g/mol. The van der Waals surface area contributed by atoms with E-state index in [9.17, 15) is 27.2 Å². The minimum atomic E-state index is -5.04. The molecule has 1 aliphatic heterocycles. The Balaban J connectivity index is 2.16. The third-order valence-electron chi connectivity index (χ3n) is 7.32. The summed E-state index contributed by atoms with van der Waals surface area (Å²) in [6.07, 6.45) is -1.37. The number of alkyl halides is 3. The van der Waals surface area contributed by atoms with Gasteiger partial charge >= 0.3 is 11.9 Å². The van der Waals surface area contributed by atoms with E-state index in [1.807, 2.05) is 0 Å². The molecule has 240 valence electrons. The van der Waals surface area contributed by atoms with Crippen LogP contribution in [0.1, 0.15) is 26.3 Å². The van der Waals surface area contributed by atoms with Crippen LogP contribution in [0.3, 0.4) is 0 Å². The van der Waals surface area contributed by atoms with Crippen LogP contribution in [-0.2, 0) is 17.5 Å². The number of carbonyl (C=O) groups excluding carboxylic acids is 1. The molecule has 2 heterocycles. The monoisotopic (exact) mass is 668 g/mol. The number of anilines is 1. The molecule has 8 nitrogen and oxygen atoms in total. The number of hydrogen-bond donors (Lipinski definition) is 0. The van der Waals surface area contributed by atoms with E-state index in [1.54, 1.807) is 30.6 Å². The molecule has 15 heteroatoms. The lowest BCUT2D eigenvalue weighted by molar-refractivity contribution is -0.137. The molecule has 45 heavy (non-hydrogen) atoms. The van der Waals surface area contributed by atoms with Gasteiger partial charge < -0.3 is 14.1 Å². The van der Waals surface area contributed by atoms with Gasteiger partial charge in [-0.05, 0) is 50.9 Å². The van der Waals surface area contributed by atoms with Gasteiger partial charge in [0.05, 0.1) is 21.0 Å². The number of nitrogens with zero attached hydrogens (tertiary/aromatic N) is 6. The minimum Gasteiger partial charge on any atom is -0.352 e. The van der Waals surface area contributed by atoms with Gasteiger partial charge in [0, 0.05) is 67.5 Å². The van der Waals surface area contributed by atoms with Crippen molar-refractivity contribution in [2.24, 2.45) is 4.99 Å². The first kappa shape index (κ1) is 34.0. The van der Waals surface area contributed by atoms with Crippen LogP contribution in [-0.4, -0.2) is 63.2 Å². The Morgan fingerprint density at radius 3 is 2.38 bits per heavy atom. The van der Waals surface area contributed by atoms with E-state index in [4.69, 9.17) is 11.6 Å². The van der Waals surface area contributed by atoms with Gasteiger partial charge in [-0.3, -0.25) is 9.36 Å². The van der Waals surface area contributed by atoms with Gasteiger partial charge in [0.2, 0.25) is 5.91 Å². The third kappa shape index (κ3) is 6.57. The molecule has 2 atom stereocenters. The van der Waals surface area contributed by atoms with Crippen molar-refractivity contribution < 1.29 is 26.7 Å². The fourth-order valence-corrected chi connectivity index (χ4v) is 6.74. The lowest BCUT2D eigenvalue weighted by atomic mass is 9.95. The maximum Gasteiger partial charge on any atom is 0.417 e. The topological polar surface area (TPSA) is 74.0 Å². The van der Waals surface area contributed by atoms with E-state index < -0.39 is 57.3 Å². The summed E-state index contributed by atoms with van der Waals surface area (Å²) in [4.78, 5) is 37.3. The van der Waals surface area contributed by atoms with Crippen molar-refractivity contribution in [3.8, 4) is 11.1 Å². The van der Waals surface area contributed by atoms with Gasteiger partial charge in [0.25, 0.3) is 0 Å². The molecule has 0 saturated carbocycles. The quantitative estimate of drug-likeness (QED) is 0.0660. The zero-order chi connectivity index (χ0) is 33.4.